The van der Waals surface area contributed by atoms with Gasteiger partial charge in [-0.3, -0.25) is 4.79 Å². The van der Waals surface area contributed by atoms with Gasteiger partial charge in [0, 0.05) is 11.8 Å². The van der Waals surface area contributed by atoms with Crippen LogP contribution in [0.25, 0.3) is 0 Å². The molecule has 16 heavy (non-hydrogen) atoms. The lowest BCUT2D eigenvalue weighted by Crippen LogP contribution is -2.45. The number of carbonyl (C=O) groups is 1. The standard InChI is InChI=1S/C12H22N2OS/c1-9-5-6-13-11(9)12(15)14-8-10-4-2-3-7-16-10/h9-11,13H,2-8H2,1H3,(H,14,15). The lowest BCUT2D eigenvalue weighted by atomic mass is 10.0. The van der Waals surface area contributed by atoms with Crippen LogP contribution >= 0.6 is 11.8 Å². The third-order valence-electron chi connectivity index (χ3n) is 3.59. The molecule has 3 nitrogen and oxygen atoms in total. The van der Waals surface area contributed by atoms with Gasteiger partial charge in [0.25, 0.3) is 0 Å². The number of hydrogen-bond acceptors (Lipinski definition) is 3. The first-order chi connectivity index (χ1) is 7.77. The molecule has 0 aromatic rings. The van der Waals surface area contributed by atoms with Crippen molar-refractivity contribution in [3.05, 3.63) is 0 Å². The summed E-state index contributed by atoms with van der Waals surface area (Å²) in [6.45, 7) is 3.99. The molecule has 3 unspecified atom stereocenters. The molecule has 2 rings (SSSR count). The molecule has 0 aromatic carbocycles. The van der Waals surface area contributed by atoms with E-state index in [4.69, 9.17) is 0 Å². The van der Waals surface area contributed by atoms with Crippen LogP contribution in [0, 0.1) is 5.92 Å². The highest BCUT2D eigenvalue weighted by Crippen LogP contribution is 2.24. The molecular weight excluding hydrogens is 220 g/mol. The minimum absolute atomic E-state index is 0.0496. The van der Waals surface area contributed by atoms with Gasteiger partial charge in [-0.15, -0.1) is 0 Å². The van der Waals surface area contributed by atoms with Crippen molar-refractivity contribution < 1.29 is 4.79 Å². The van der Waals surface area contributed by atoms with Gasteiger partial charge in [0.15, 0.2) is 0 Å². The third-order valence-corrected chi connectivity index (χ3v) is 4.99. The Morgan fingerprint density at radius 1 is 1.44 bits per heavy atom. The van der Waals surface area contributed by atoms with Crippen LogP contribution in [-0.4, -0.2) is 36.0 Å². The molecule has 2 aliphatic rings. The SMILES string of the molecule is CC1CCNC1C(=O)NCC1CCCCS1. The fourth-order valence-corrected chi connectivity index (χ4v) is 3.72. The van der Waals surface area contributed by atoms with E-state index in [1.165, 1.54) is 25.0 Å². The van der Waals surface area contributed by atoms with E-state index >= 15 is 0 Å². The van der Waals surface area contributed by atoms with E-state index in [1.54, 1.807) is 0 Å². The number of rotatable bonds is 3. The van der Waals surface area contributed by atoms with E-state index in [0.29, 0.717) is 11.2 Å². The molecule has 0 radical (unpaired) electrons. The third kappa shape index (κ3) is 3.14. The predicted octanol–water partition coefficient (Wildman–Crippen LogP) is 1.39. The van der Waals surface area contributed by atoms with Crippen LogP contribution in [0.15, 0.2) is 0 Å². The Morgan fingerprint density at radius 2 is 2.31 bits per heavy atom. The second-order valence-electron chi connectivity index (χ2n) is 4.93. The van der Waals surface area contributed by atoms with Gasteiger partial charge in [-0.1, -0.05) is 13.3 Å². The second kappa shape index (κ2) is 5.92. The first-order valence-corrected chi connectivity index (χ1v) is 7.45. The lowest BCUT2D eigenvalue weighted by Gasteiger charge is -2.23. The maximum absolute atomic E-state index is 11.9. The molecule has 4 heteroatoms. The summed E-state index contributed by atoms with van der Waals surface area (Å²) >= 11 is 2.01. The van der Waals surface area contributed by atoms with Gasteiger partial charge in [-0.05, 0) is 37.5 Å². The van der Waals surface area contributed by atoms with Crippen LogP contribution in [0.4, 0.5) is 0 Å². The van der Waals surface area contributed by atoms with Gasteiger partial charge in [-0.2, -0.15) is 11.8 Å². The van der Waals surface area contributed by atoms with Crippen LogP contribution in [0.2, 0.25) is 0 Å². The Bertz CT molecular complexity index is 241. The summed E-state index contributed by atoms with van der Waals surface area (Å²) in [4.78, 5) is 11.9. The van der Waals surface area contributed by atoms with E-state index in [9.17, 15) is 4.79 Å². The molecule has 1 amide bonds. The molecule has 2 aliphatic heterocycles. The summed E-state index contributed by atoms with van der Waals surface area (Å²) in [6, 6.07) is 0.0496. The van der Waals surface area contributed by atoms with E-state index in [0.717, 1.165) is 19.5 Å². The highest BCUT2D eigenvalue weighted by molar-refractivity contribution is 7.99. The van der Waals surface area contributed by atoms with Crippen LogP contribution in [0.5, 0.6) is 0 Å². The maximum atomic E-state index is 11.9. The van der Waals surface area contributed by atoms with Gasteiger partial charge < -0.3 is 10.6 Å². The molecule has 0 bridgehead atoms. The molecule has 2 fully saturated rings. The molecule has 2 N–H and O–H groups in total. The van der Waals surface area contributed by atoms with Crippen LogP contribution < -0.4 is 10.6 Å². The molecule has 2 saturated heterocycles. The van der Waals surface area contributed by atoms with Gasteiger partial charge in [0.2, 0.25) is 5.91 Å². The van der Waals surface area contributed by atoms with Crippen molar-refractivity contribution >= 4 is 17.7 Å². The number of nitrogens with one attached hydrogen (secondary N) is 2. The van der Waals surface area contributed by atoms with E-state index < -0.39 is 0 Å². The first-order valence-electron chi connectivity index (χ1n) is 6.40. The van der Waals surface area contributed by atoms with E-state index in [1.807, 2.05) is 11.8 Å². The fraction of sp³-hybridized carbons (Fsp3) is 0.917. The Kier molecular flexibility index (Phi) is 4.53. The normalized spacial score (nSPS) is 34.9. The molecule has 0 spiro atoms. The van der Waals surface area contributed by atoms with Crippen molar-refractivity contribution in [3.63, 3.8) is 0 Å². The van der Waals surface area contributed by atoms with Crippen molar-refractivity contribution in [2.24, 2.45) is 5.92 Å². The summed E-state index contributed by atoms with van der Waals surface area (Å²) in [7, 11) is 0. The second-order valence-corrected chi connectivity index (χ2v) is 6.34. The van der Waals surface area contributed by atoms with Crippen LogP contribution in [0.1, 0.15) is 32.6 Å². The predicted molar refractivity (Wildman–Crippen MR) is 68.7 cm³/mol. The number of carbonyl (C=O) groups excluding carboxylic acids is 1. The maximum Gasteiger partial charge on any atom is 0.237 e. The Morgan fingerprint density at radius 3 is 2.94 bits per heavy atom. The van der Waals surface area contributed by atoms with Gasteiger partial charge in [0.05, 0.1) is 6.04 Å². The van der Waals surface area contributed by atoms with Gasteiger partial charge >= 0.3 is 0 Å². The van der Waals surface area contributed by atoms with E-state index in [2.05, 4.69) is 17.6 Å². The quantitative estimate of drug-likeness (QED) is 0.786. The monoisotopic (exact) mass is 242 g/mol. The first kappa shape index (κ1) is 12.2. The molecule has 3 atom stereocenters. The minimum atomic E-state index is 0.0496. The van der Waals surface area contributed by atoms with Gasteiger partial charge in [-0.25, -0.2) is 0 Å². The zero-order valence-electron chi connectivity index (χ0n) is 10.00. The minimum Gasteiger partial charge on any atom is -0.354 e. The van der Waals surface area contributed by atoms with Crippen molar-refractivity contribution in [2.75, 3.05) is 18.8 Å². The number of hydrogen-bond donors (Lipinski definition) is 2. The van der Waals surface area contributed by atoms with E-state index in [-0.39, 0.29) is 11.9 Å². The fourth-order valence-electron chi connectivity index (χ4n) is 2.48. The van der Waals surface area contributed by atoms with Gasteiger partial charge in [0.1, 0.15) is 0 Å². The smallest absolute Gasteiger partial charge is 0.237 e. The molecule has 0 saturated carbocycles. The van der Waals surface area contributed by atoms with Crippen molar-refractivity contribution in [1.29, 1.82) is 0 Å². The van der Waals surface area contributed by atoms with Crippen molar-refractivity contribution in [3.8, 4) is 0 Å². The Balaban J connectivity index is 1.70. The zero-order valence-corrected chi connectivity index (χ0v) is 10.8. The highest BCUT2D eigenvalue weighted by Gasteiger charge is 2.29. The zero-order chi connectivity index (χ0) is 11.4. The topological polar surface area (TPSA) is 41.1 Å². The summed E-state index contributed by atoms with van der Waals surface area (Å²) < 4.78 is 0. The lowest BCUT2D eigenvalue weighted by molar-refractivity contribution is -0.123. The molecule has 2 heterocycles. The van der Waals surface area contributed by atoms with Crippen molar-refractivity contribution in [1.82, 2.24) is 10.6 Å². The summed E-state index contributed by atoms with van der Waals surface area (Å²) in [5.41, 5.74) is 0. The molecule has 0 aromatic heterocycles. The summed E-state index contributed by atoms with van der Waals surface area (Å²) in [5.74, 6) is 1.95. The van der Waals surface area contributed by atoms with Crippen molar-refractivity contribution in [2.45, 2.75) is 43.9 Å². The number of amides is 1. The molecular formula is C12H22N2OS. The van der Waals surface area contributed by atoms with Crippen LogP contribution in [0.3, 0.4) is 0 Å². The van der Waals surface area contributed by atoms with Crippen LogP contribution in [-0.2, 0) is 4.79 Å². The largest absolute Gasteiger partial charge is 0.354 e. The summed E-state index contributed by atoms with van der Waals surface area (Å²) in [5, 5.41) is 7.03. The molecule has 92 valence electrons. The Labute approximate surface area is 102 Å². The highest BCUT2D eigenvalue weighted by atomic mass is 32.2. The average Bonchev–Trinajstić information content (AvgIpc) is 2.74. The molecule has 0 aliphatic carbocycles. The number of thioether (sulfide) groups is 1. The Hall–Kier alpha value is -0.220. The summed E-state index contributed by atoms with van der Waals surface area (Å²) in [6.07, 6.45) is 5.05. The average molecular weight is 242 g/mol.